The topological polar surface area (TPSA) is 111 Å². The lowest BCUT2D eigenvalue weighted by atomic mass is 9.96. The monoisotopic (exact) mass is 464 g/mol. The molecule has 1 unspecified atom stereocenters. The lowest BCUT2D eigenvalue weighted by Crippen LogP contribution is -2.57. The second kappa shape index (κ2) is 9.10. The molecule has 0 radical (unpaired) electrons. The van der Waals surface area contributed by atoms with Gasteiger partial charge in [-0.25, -0.2) is 4.79 Å². The Labute approximate surface area is 183 Å². The average Bonchev–Trinajstić information content (AvgIpc) is 2.91. The second-order valence-electron chi connectivity index (χ2n) is 8.92. The fourth-order valence-electron chi connectivity index (χ4n) is 3.44. The number of ether oxygens (including phenoxy) is 3. The van der Waals surface area contributed by atoms with Gasteiger partial charge in [0.05, 0.1) is 12.6 Å². The highest BCUT2D eigenvalue weighted by atomic mass is 19.4. The minimum atomic E-state index is -4.92. The normalized spacial score (nSPS) is 20.5. The van der Waals surface area contributed by atoms with E-state index in [4.69, 9.17) is 9.47 Å². The average molecular weight is 464 g/mol. The van der Waals surface area contributed by atoms with Crippen molar-refractivity contribution in [3.63, 3.8) is 0 Å². The van der Waals surface area contributed by atoms with Crippen LogP contribution in [-0.4, -0.2) is 63.5 Å². The molecule has 2 rings (SSSR count). The van der Waals surface area contributed by atoms with E-state index in [1.807, 2.05) is 0 Å². The molecule has 1 N–H and O–H groups in total. The molecule has 1 fully saturated rings. The Morgan fingerprint density at radius 2 is 2.00 bits per heavy atom. The molecule has 32 heavy (non-hydrogen) atoms. The summed E-state index contributed by atoms with van der Waals surface area (Å²) in [4.78, 5) is 24.9. The predicted molar refractivity (Wildman–Crippen MR) is 106 cm³/mol. The van der Waals surface area contributed by atoms with E-state index in [1.54, 1.807) is 34.6 Å². The predicted octanol–water partition coefficient (Wildman–Crippen LogP) is 3.51. The molecule has 1 aromatic carbocycles. The number of carbonyl (C=O) groups is 1. The van der Waals surface area contributed by atoms with Crippen LogP contribution in [0.3, 0.4) is 0 Å². The smallest absolute Gasteiger partial charge is 0.444 e. The summed E-state index contributed by atoms with van der Waals surface area (Å²) in [7, 11) is 0. The number of alkyl halides is 3. The summed E-state index contributed by atoms with van der Waals surface area (Å²) in [6.07, 6.45) is -7.82. The van der Waals surface area contributed by atoms with Gasteiger partial charge in [-0.15, -0.1) is 13.2 Å². The Kier molecular flexibility index (Phi) is 7.30. The van der Waals surface area contributed by atoms with Crippen molar-refractivity contribution in [2.24, 2.45) is 0 Å². The van der Waals surface area contributed by atoms with Crippen LogP contribution in [0.1, 0.15) is 40.2 Å². The molecule has 0 bridgehead atoms. The van der Waals surface area contributed by atoms with E-state index in [0.29, 0.717) is 0 Å². The molecule has 0 saturated carbocycles. The van der Waals surface area contributed by atoms with Crippen LogP contribution in [0.25, 0.3) is 0 Å². The molecule has 0 aliphatic carbocycles. The Morgan fingerprint density at radius 1 is 1.38 bits per heavy atom. The standard InChI is InChI=1S/C20H27F3N2O7/c1-18(2,3)32-17(27)24-15(11-30-19(24,4)5)16(26)14(25(28)29)10-12-7-6-8-13(9-12)31-20(21,22)23/h6-9,14-16,26H,10-11H2,1-5H3/t14-,15?,16-/m0/s1. The first kappa shape index (κ1) is 25.7. The molecule has 3 atom stereocenters. The zero-order chi connectivity index (χ0) is 24.5. The summed E-state index contributed by atoms with van der Waals surface area (Å²) in [6.45, 7) is 7.88. The quantitative estimate of drug-likeness (QED) is 0.507. The Morgan fingerprint density at radius 3 is 2.53 bits per heavy atom. The number of hydrogen-bond acceptors (Lipinski definition) is 7. The van der Waals surface area contributed by atoms with E-state index < -0.39 is 59.1 Å². The van der Waals surface area contributed by atoms with Crippen molar-refractivity contribution in [1.29, 1.82) is 0 Å². The molecule has 1 amide bonds. The van der Waals surface area contributed by atoms with E-state index in [9.17, 15) is 33.2 Å². The summed E-state index contributed by atoms with van der Waals surface area (Å²) < 4.78 is 52.2. The summed E-state index contributed by atoms with van der Waals surface area (Å²) in [5.41, 5.74) is -1.91. The Bertz CT molecular complexity index is 839. The Balaban J connectivity index is 2.27. The van der Waals surface area contributed by atoms with Crippen molar-refractivity contribution in [2.45, 2.75) is 76.9 Å². The highest BCUT2D eigenvalue weighted by molar-refractivity contribution is 5.70. The van der Waals surface area contributed by atoms with Gasteiger partial charge < -0.3 is 19.3 Å². The number of rotatable bonds is 6. The van der Waals surface area contributed by atoms with Crippen molar-refractivity contribution in [3.05, 3.63) is 39.9 Å². The fourth-order valence-corrected chi connectivity index (χ4v) is 3.44. The second-order valence-corrected chi connectivity index (χ2v) is 8.92. The van der Waals surface area contributed by atoms with Gasteiger partial charge in [0, 0.05) is 11.3 Å². The van der Waals surface area contributed by atoms with Gasteiger partial charge >= 0.3 is 12.5 Å². The number of nitrogens with zero attached hydrogens (tertiary/aromatic N) is 2. The van der Waals surface area contributed by atoms with Crippen LogP contribution in [-0.2, 0) is 15.9 Å². The first-order valence-corrected chi connectivity index (χ1v) is 9.83. The first-order chi connectivity index (χ1) is 14.5. The lowest BCUT2D eigenvalue weighted by Gasteiger charge is -2.36. The largest absolute Gasteiger partial charge is 0.573 e. The van der Waals surface area contributed by atoms with Crippen LogP contribution in [0.5, 0.6) is 5.75 Å². The van der Waals surface area contributed by atoms with Crippen molar-refractivity contribution < 1.29 is 42.2 Å². The minimum absolute atomic E-state index is 0.148. The lowest BCUT2D eigenvalue weighted by molar-refractivity contribution is -0.535. The zero-order valence-corrected chi connectivity index (χ0v) is 18.4. The highest BCUT2D eigenvalue weighted by Crippen LogP contribution is 2.33. The molecular weight excluding hydrogens is 437 g/mol. The van der Waals surface area contributed by atoms with E-state index in [2.05, 4.69) is 4.74 Å². The number of carbonyl (C=O) groups excluding carboxylic acids is 1. The van der Waals surface area contributed by atoms with E-state index in [1.165, 1.54) is 12.1 Å². The van der Waals surface area contributed by atoms with Crippen molar-refractivity contribution in [1.82, 2.24) is 4.90 Å². The summed E-state index contributed by atoms with van der Waals surface area (Å²) in [5.74, 6) is -0.535. The molecular formula is C20H27F3N2O7. The number of aliphatic hydroxyl groups is 1. The number of nitro groups is 1. The number of aliphatic hydroxyl groups excluding tert-OH is 1. The summed E-state index contributed by atoms with van der Waals surface area (Å²) >= 11 is 0. The van der Waals surface area contributed by atoms with Gasteiger partial charge in [-0.3, -0.25) is 15.0 Å². The van der Waals surface area contributed by atoms with Crippen molar-refractivity contribution in [2.75, 3.05) is 6.61 Å². The summed E-state index contributed by atoms with van der Waals surface area (Å²) in [6, 6.07) is 1.97. The van der Waals surface area contributed by atoms with E-state index in [-0.39, 0.29) is 12.2 Å². The maximum atomic E-state index is 12.7. The number of amides is 1. The van der Waals surface area contributed by atoms with Crippen molar-refractivity contribution >= 4 is 6.09 Å². The molecule has 1 aliphatic heterocycles. The molecule has 9 nitrogen and oxygen atoms in total. The third-order valence-corrected chi connectivity index (χ3v) is 4.75. The molecule has 0 spiro atoms. The van der Waals surface area contributed by atoms with Gasteiger partial charge in [-0.2, -0.15) is 0 Å². The third kappa shape index (κ3) is 6.70. The number of benzene rings is 1. The van der Waals surface area contributed by atoms with Gasteiger partial charge in [0.15, 0.2) is 0 Å². The van der Waals surface area contributed by atoms with Crippen LogP contribution in [0.15, 0.2) is 24.3 Å². The van der Waals surface area contributed by atoms with E-state index in [0.717, 1.165) is 17.0 Å². The maximum Gasteiger partial charge on any atom is 0.573 e. The van der Waals surface area contributed by atoms with Crippen LogP contribution >= 0.6 is 0 Å². The van der Waals surface area contributed by atoms with Crippen LogP contribution in [0.2, 0.25) is 0 Å². The van der Waals surface area contributed by atoms with Gasteiger partial charge in [0.25, 0.3) is 0 Å². The summed E-state index contributed by atoms with van der Waals surface area (Å²) in [5, 5.41) is 22.6. The maximum absolute atomic E-state index is 12.7. The number of halogens is 3. The van der Waals surface area contributed by atoms with Crippen LogP contribution < -0.4 is 4.74 Å². The fraction of sp³-hybridized carbons (Fsp3) is 0.650. The number of hydrogen-bond donors (Lipinski definition) is 1. The molecule has 1 aliphatic rings. The van der Waals surface area contributed by atoms with E-state index >= 15 is 0 Å². The first-order valence-electron chi connectivity index (χ1n) is 9.83. The third-order valence-electron chi connectivity index (χ3n) is 4.75. The van der Waals surface area contributed by atoms with Crippen molar-refractivity contribution in [3.8, 4) is 5.75 Å². The molecule has 0 aromatic heterocycles. The molecule has 1 saturated heterocycles. The zero-order valence-electron chi connectivity index (χ0n) is 18.4. The van der Waals surface area contributed by atoms with Crippen LogP contribution in [0, 0.1) is 10.1 Å². The van der Waals surface area contributed by atoms with Gasteiger partial charge in [0.1, 0.15) is 23.2 Å². The van der Waals surface area contributed by atoms with Gasteiger partial charge in [0.2, 0.25) is 6.04 Å². The van der Waals surface area contributed by atoms with Gasteiger partial charge in [-0.1, -0.05) is 12.1 Å². The highest BCUT2D eigenvalue weighted by Gasteiger charge is 2.52. The molecule has 12 heteroatoms. The molecule has 1 aromatic rings. The van der Waals surface area contributed by atoms with Gasteiger partial charge in [-0.05, 0) is 52.3 Å². The van der Waals surface area contributed by atoms with Crippen LogP contribution in [0.4, 0.5) is 18.0 Å². The molecule has 180 valence electrons. The minimum Gasteiger partial charge on any atom is -0.444 e. The Hall–Kier alpha value is -2.60. The molecule has 1 heterocycles. The SMILES string of the molecule is CC(C)(C)OC(=O)N1C([C@@H](O)[C@H](Cc2cccc(OC(F)(F)F)c2)[N+](=O)[O-])COC1(C)C.